The van der Waals surface area contributed by atoms with Crippen LogP contribution in [-0.2, 0) is 15.6 Å². The summed E-state index contributed by atoms with van der Waals surface area (Å²) in [5.41, 5.74) is 0.557. The SMILES string of the molecule is O=C(O)c1cccc(CS(=O)(=O)c2cc3ccccc3s2)c1. The van der Waals surface area contributed by atoms with Crippen LogP contribution >= 0.6 is 11.3 Å². The number of carboxylic acid groups (broad SMARTS) is 1. The summed E-state index contributed by atoms with van der Waals surface area (Å²) in [4.78, 5) is 11.0. The van der Waals surface area contributed by atoms with Crippen molar-refractivity contribution in [2.24, 2.45) is 0 Å². The first-order valence-corrected chi connectivity index (χ1v) is 8.96. The van der Waals surface area contributed by atoms with Crippen molar-refractivity contribution in [1.82, 2.24) is 0 Å². The molecule has 3 rings (SSSR count). The summed E-state index contributed by atoms with van der Waals surface area (Å²) in [7, 11) is -3.49. The molecular weight excluding hydrogens is 320 g/mol. The first-order chi connectivity index (χ1) is 10.5. The third kappa shape index (κ3) is 2.88. The summed E-state index contributed by atoms with van der Waals surface area (Å²) in [6.45, 7) is 0. The molecule has 0 atom stereocenters. The first kappa shape index (κ1) is 14.7. The number of benzene rings is 2. The average Bonchev–Trinajstić information content (AvgIpc) is 2.92. The van der Waals surface area contributed by atoms with Crippen molar-refractivity contribution in [2.45, 2.75) is 9.96 Å². The molecule has 2 aromatic carbocycles. The average molecular weight is 332 g/mol. The minimum Gasteiger partial charge on any atom is -0.478 e. The molecule has 6 heteroatoms. The normalized spacial score (nSPS) is 11.6. The van der Waals surface area contributed by atoms with Gasteiger partial charge < -0.3 is 5.11 Å². The van der Waals surface area contributed by atoms with Gasteiger partial charge in [-0.2, -0.15) is 0 Å². The van der Waals surface area contributed by atoms with Crippen molar-refractivity contribution < 1.29 is 18.3 Å². The van der Waals surface area contributed by atoms with Crippen LogP contribution in [0, 0.1) is 0 Å². The third-order valence-electron chi connectivity index (χ3n) is 3.24. The third-order valence-corrected chi connectivity index (χ3v) is 6.61. The number of carboxylic acids is 1. The fourth-order valence-corrected chi connectivity index (χ4v) is 5.01. The van der Waals surface area contributed by atoms with E-state index in [2.05, 4.69) is 0 Å². The van der Waals surface area contributed by atoms with E-state index in [9.17, 15) is 13.2 Å². The fourth-order valence-electron chi connectivity index (χ4n) is 2.20. The number of hydrogen-bond donors (Lipinski definition) is 1. The minimum absolute atomic E-state index is 0.0871. The summed E-state index contributed by atoms with van der Waals surface area (Å²) in [5, 5.41) is 9.87. The molecule has 0 aliphatic rings. The molecule has 0 aliphatic heterocycles. The van der Waals surface area contributed by atoms with Crippen LogP contribution in [0.2, 0.25) is 0 Å². The highest BCUT2D eigenvalue weighted by Crippen LogP contribution is 2.30. The Balaban J connectivity index is 1.96. The summed E-state index contributed by atoms with van der Waals surface area (Å²) in [6, 6.07) is 15.2. The van der Waals surface area contributed by atoms with Crippen molar-refractivity contribution in [3.05, 3.63) is 65.7 Å². The van der Waals surface area contributed by atoms with Gasteiger partial charge in [0.1, 0.15) is 4.21 Å². The second-order valence-corrected chi connectivity index (χ2v) is 8.17. The molecule has 3 aromatic rings. The maximum atomic E-state index is 12.5. The van der Waals surface area contributed by atoms with Gasteiger partial charge in [-0.25, -0.2) is 13.2 Å². The van der Waals surface area contributed by atoms with Gasteiger partial charge >= 0.3 is 5.97 Å². The molecule has 4 nitrogen and oxygen atoms in total. The Morgan fingerprint density at radius 2 is 1.82 bits per heavy atom. The van der Waals surface area contributed by atoms with Crippen LogP contribution in [0.3, 0.4) is 0 Å². The van der Waals surface area contributed by atoms with E-state index in [0.717, 1.165) is 10.1 Å². The van der Waals surface area contributed by atoms with E-state index < -0.39 is 15.8 Å². The lowest BCUT2D eigenvalue weighted by molar-refractivity contribution is 0.0696. The second-order valence-electron chi connectivity index (χ2n) is 4.87. The van der Waals surface area contributed by atoms with Gasteiger partial charge in [-0.1, -0.05) is 30.3 Å². The summed E-state index contributed by atoms with van der Waals surface area (Å²) >= 11 is 1.23. The molecule has 0 spiro atoms. The van der Waals surface area contributed by atoms with Crippen LogP contribution < -0.4 is 0 Å². The monoisotopic (exact) mass is 332 g/mol. The van der Waals surface area contributed by atoms with Gasteiger partial charge in [0.2, 0.25) is 0 Å². The minimum atomic E-state index is -3.49. The summed E-state index contributed by atoms with van der Waals surface area (Å²) in [6.07, 6.45) is 0. The predicted octanol–water partition coefficient (Wildman–Crippen LogP) is 3.57. The van der Waals surface area contributed by atoms with Crippen molar-refractivity contribution in [1.29, 1.82) is 0 Å². The zero-order valence-electron chi connectivity index (χ0n) is 11.4. The Morgan fingerprint density at radius 3 is 2.55 bits per heavy atom. The largest absolute Gasteiger partial charge is 0.478 e. The van der Waals surface area contributed by atoms with E-state index in [-0.39, 0.29) is 11.3 Å². The van der Waals surface area contributed by atoms with Gasteiger partial charge in [0.15, 0.2) is 9.84 Å². The Hall–Kier alpha value is -2.18. The Morgan fingerprint density at radius 1 is 1.05 bits per heavy atom. The molecule has 0 saturated heterocycles. The van der Waals surface area contributed by atoms with Crippen LogP contribution in [0.15, 0.2) is 58.8 Å². The quantitative estimate of drug-likeness (QED) is 0.793. The number of hydrogen-bond acceptors (Lipinski definition) is 4. The Labute approximate surface area is 131 Å². The van der Waals surface area contributed by atoms with E-state index in [1.165, 1.54) is 23.5 Å². The zero-order valence-corrected chi connectivity index (χ0v) is 13.0. The molecule has 0 fully saturated rings. The van der Waals surface area contributed by atoms with Gasteiger partial charge in [-0.05, 0) is 35.2 Å². The molecular formula is C16H12O4S2. The molecule has 0 unspecified atom stereocenters. The van der Waals surface area contributed by atoms with Crippen LogP contribution in [-0.4, -0.2) is 19.5 Å². The number of carbonyl (C=O) groups is 1. The van der Waals surface area contributed by atoms with Crippen LogP contribution in [0.4, 0.5) is 0 Å². The highest BCUT2D eigenvalue weighted by atomic mass is 32.2. The maximum absolute atomic E-state index is 12.5. The van der Waals surface area contributed by atoms with E-state index >= 15 is 0 Å². The number of sulfone groups is 1. The smallest absolute Gasteiger partial charge is 0.335 e. The molecule has 1 aromatic heterocycles. The van der Waals surface area contributed by atoms with Crippen LogP contribution in [0.5, 0.6) is 0 Å². The lowest BCUT2D eigenvalue weighted by atomic mass is 10.1. The molecule has 1 N–H and O–H groups in total. The molecule has 0 bridgehead atoms. The second kappa shape index (κ2) is 5.55. The molecule has 0 radical (unpaired) electrons. The van der Waals surface area contributed by atoms with Gasteiger partial charge in [0.05, 0.1) is 11.3 Å². The Kier molecular flexibility index (Phi) is 3.72. The number of rotatable bonds is 4. The van der Waals surface area contributed by atoms with Crippen molar-refractivity contribution in [3.8, 4) is 0 Å². The Bertz CT molecular complexity index is 922. The van der Waals surface area contributed by atoms with Gasteiger partial charge in [-0.3, -0.25) is 0 Å². The van der Waals surface area contributed by atoms with Crippen molar-refractivity contribution >= 4 is 37.2 Å². The van der Waals surface area contributed by atoms with E-state index in [1.54, 1.807) is 18.2 Å². The molecule has 0 saturated carbocycles. The van der Waals surface area contributed by atoms with E-state index in [4.69, 9.17) is 5.11 Å². The number of aromatic carboxylic acids is 1. The highest BCUT2D eigenvalue weighted by Gasteiger charge is 2.19. The predicted molar refractivity (Wildman–Crippen MR) is 86.1 cm³/mol. The molecule has 0 aliphatic carbocycles. The fraction of sp³-hybridized carbons (Fsp3) is 0.0625. The standard InChI is InChI=1S/C16H12O4S2/c17-16(18)13-6-3-4-11(8-13)10-22(19,20)15-9-12-5-1-2-7-14(12)21-15/h1-9H,10H2,(H,17,18). The highest BCUT2D eigenvalue weighted by molar-refractivity contribution is 7.92. The molecule has 22 heavy (non-hydrogen) atoms. The molecule has 0 amide bonds. The topological polar surface area (TPSA) is 71.4 Å². The van der Waals surface area contributed by atoms with E-state index in [1.807, 2.05) is 24.3 Å². The maximum Gasteiger partial charge on any atom is 0.335 e. The summed E-state index contributed by atoms with van der Waals surface area (Å²) in [5.74, 6) is -1.28. The van der Waals surface area contributed by atoms with Crippen LogP contribution in [0.25, 0.3) is 10.1 Å². The number of fused-ring (bicyclic) bond motifs is 1. The van der Waals surface area contributed by atoms with Crippen molar-refractivity contribution in [2.75, 3.05) is 0 Å². The summed E-state index contributed by atoms with van der Waals surface area (Å²) < 4.78 is 26.2. The van der Waals surface area contributed by atoms with Gasteiger partial charge in [0.25, 0.3) is 0 Å². The van der Waals surface area contributed by atoms with Crippen LogP contribution in [0.1, 0.15) is 15.9 Å². The number of thiophene rings is 1. The molecule has 1 heterocycles. The zero-order chi connectivity index (χ0) is 15.7. The molecule has 112 valence electrons. The lowest BCUT2D eigenvalue weighted by Gasteiger charge is -2.03. The van der Waals surface area contributed by atoms with Gasteiger partial charge in [0, 0.05) is 4.70 Å². The lowest BCUT2D eigenvalue weighted by Crippen LogP contribution is -2.04. The van der Waals surface area contributed by atoms with Crippen molar-refractivity contribution in [3.63, 3.8) is 0 Å². The van der Waals surface area contributed by atoms with Gasteiger partial charge in [-0.15, -0.1) is 11.3 Å². The van der Waals surface area contributed by atoms with E-state index in [0.29, 0.717) is 9.77 Å². The first-order valence-electron chi connectivity index (χ1n) is 6.49.